The van der Waals surface area contributed by atoms with E-state index in [1.54, 1.807) is 12.1 Å². The molecular weight excluding hydrogens is 252 g/mol. The second-order valence-corrected chi connectivity index (χ2v) is 6.06. The maximum absolute atomic E-state index is 11.0. The van der Waals surface area contributed by atoms with E-state index in [1.165, 1.54) is 19.3 Å². The Hall–Kier alpha value is -1.84. The Morgan fingerprint density at radius 2 is 2.25 bits per heavy atom. The fraction of sp³-hybridized carbons (Fsp3) is 0.500. The molecule has 0 aliphatic heterocycles. The van der Waals surface area contributed by atoms with Crippen molar-refractivity contribution in [2.45, 2.75) is 39.7 Å². The van der Waals surface area contributed by atoms with Crippen molar-refractivity contribution < 1.29 is 9.90 Å². The molecule has 0 bridgehead atoms. The van der Waals surface area contributed by atoms with Gasteiger partial charge in [-0.1, -0.05) is 13.3 Å². The molecule has 1 fully saturated rings. The number of imidazole rings is 1. The third kappa shape index (κ3) is 2.30. The first-order valence-electron chi connectivity index (χ1n) is 7.25. The smallest absolute Gasteiger partial charge is 0.335 e. The van der Waals surface area contributed by atoms with Crippen molar-refractivity contribution in [3.63, 3.8) is 0 Å². The number of aromatic carboxylic acids is 1. The van der Waals surface area contributed by atoms with Crippen molar-refractivity contribution in [3.05, 3.63) is 29.6 Å². The summed E-state index contributed by atoms with van der Waals surface area (Å²) in [6.07, 6.45) is 3.89. The molecule has 1 aromatic carbocycles. The van der Waals surface area contributed by atoms with Crippen LogP contribution in [0.1, 0.15) is 42.4 Å². The maximum atomic E-state index is 11.0. The molecule has 0 spiro atoms. The molecule has 1 aliphatic rings. The van der Waals surface area contributed by atoms with Crippen LogP contribution in [0.2, 0.25) is 0 Å². The molecule has 1 N–H and O–H groups in total. The van der Waals surface area contributed by atoms with Crippen LogP contribution < -0.4 is 0 Å². The number of carboxylic acid groups (broad SMARTS) is 1. The summed E-state index contributed by atoms with van der Waals surface area (Å²) in [4.78, 5) is 15.5. The first-order chi connectivity index (χ1) is 9.54. The van der Waals surface area contributed by atoms with Crippen molar-refractivity contribution in [2.24, 2.45) is 11.8 Å². The molecule has 1 saturated carbocycles. The molecule has 0 radical (unpaired) electrons. The van der Waals surface area contributed by atoms with Crippen LogP contribution in [0.5, 0.6) is 0 Å². The summed E-state index contributed by atoms with van der Waals surface area (Å²) in [7, 11) is 0. The minimum atomic E-state index is -0.899. The van der Waals surface area contributed by atoms with Crippen LogP contribution in [0.15, 0.2) is 18.2 Å². The molecule has 4 heteroatoms. The van der Waals surface area contributed by atoms with Gasteiger partial charge in [0.1, 0.15) is 5.82 Å². The highest BCUT2D eigenvalue weighted by atomic mass is 16.4. The van der Waals surface area contributed by atoms with Gasteiger partial charge in [0.15, 0.2) is 0 Å². The highest BCUT2D eigenvalue weighted by Crippen LogP contribution is 2.32. The molecule has 2 unspecified atom stereocenters. The number of carboxylic acids is 1. The van der Waals surface area contributed by atoms with E-state index in [1.807, 2.05) is 13.0 Å². The highest BCUT2D eigenvalue weighted by molar-refractivity contribution is 5.92. The van der Waals surface area contributed by atoms with Gasteiger partial charge in [-0.15, -0.1) is 0 Å². The standard InChI is InChI=1S/C16H20N2O2/c1-10-3-4-12(7-10)9-18-11(2)17-14-8-13(16(19)20)5-6-15(14)18/h5-6,8,10,12H,3-4,7,9H2,1-2H3,(H,19,20). The molecule has 20 heavy (non-hydrogen) atoms. The molecule has 1 heterocycles. The van der Waals surface area contributed by atoms with Gasteiger partial charge in [-0.25, -0.2) is 9.78 Å². The van der Waals surface area contributed by atoms with Gasteiger partial charge in [0, 0.05) is 6.54 Å². The minimum Gasteiger partial charge on any atom is -0.478 e. The molecule has 4 nitrogen and oxygen atoms in total. The molecule has 1 aliphatic carbocycles. The van der Waals surface area contributed by atoms with Crippen molar-refractivity contribution in [1.29, 1.82) is 0 Å². The van der Waals surface area contributed by atoms with E-state index < -0.39 is 5.97 Å². The summed E-state index contributed by atoms with van der Waals surface area (Å²) >= 11 is 0. The summed E-state index contributed by atoms with van der Waals surface area (Å²) in [6.45, 7) is 5.32. The number of aryl methyl sites for hydroxylation is 1. The van der Waals surface area contributed by atoms with Crippen LogP contribution in [0, 0.1) is 18.8 Å². The number of carbonyl (C=O) groups is 1. The second kappa shape index (κ2) is 4.93. The topological polar surface area (TPSA) is 55.1 Å². The van der Waals surface area contributed by atoms with Gasteiger partial charge in [-0.05, 0) is 49.8 Å². The van der Waals surface area contributed by atoms with Crippen molar-refractivity contribution in [3.8, 4) is 0 Å². The Kier molecular flexibility index (Phi) is 3.24. The lowest BCUT2D eigenvalue weighted by Gasteiger charge is -2.13. The van der Waals surface area contributed by atoms with Crippen molar-refractivity contribution >= 4 is 17.0 Å². The minimum absolute atomic E-state index is 0.302. The molecule has 0 saturated heterocycles. The Balaban J connectivity index is 1.94. The van der Waals surface area contributed by atoms with E-state index in [-0.39, 0.29) is 0 Å². The normalized spacial score (nSPS) is 22.5. The Morgan fingerprint density at radius 1 is 1.45 bits per heavy atom. The summed E-state index contributed by atoms with van der Waals surface area (Å²) in [5, 5.41) is 9.04. The van der Waals surface area contributed by atoms with Crippen LogP contribution in [-0.4, -0.2) is 20.6 Å². The van der Waals surface area contributed by atoms with Crippen LogP contribution in [0.4, 0.5) is 0 Å². The van der Waals surface area contributed by atoms with Crippen LogP contribution in [0.25, 0.3) is 11.0 Å². The Bertz CT molecular complexity index is 660. The summed E-state index contributed by atoms with van der Waals surface area (Å²) in [5.74, 6) is 1.62. The van der Waals surface area contributed by atoms with Crippen molar-refractivity contribution in [2.75, 3.05) is 0 Å². The van der Waals surface area contributed by atoms with Crippen LogP contribution in [0.3, 0.4) is 0 Å². The fourth-order valence-electron chi connectivity index (χ4n) is 3.36. The number of fused-ring (bicyclic) bond motifs is 1. The summed E-state index contributed by atoms with van der Waals surface area (Å²) in [5.41, 5.74) is 2.14. The molecule has 3 rings (SSSR count). The molecule has 106 valence electrons. The zero-order chi connectivity index (χ0) is 14.3. The maximum Gasteiger partial charge on any atom is 0.335 e. The van der Waals surface area contributed by atoms with Gasteiger partial charge in [0.05, 0.1) is 16.6 Å². The Labute approximate surface area is 118 Å². The van der Waals surface area contributed by atoms with Gasteiger partial charge >= 0.3 is 5.97 Å². The summed E-state index contributed by atoms with van der Waals surface area (Å²) < 4.78 is 2.24. The predicted octanol–water partition coefficient (Wildman–Crippen LogP) is 3.48. The average molecular weight is 272 g/mol. The monoisotopic (exact) mass is 272 g/mol. The quantitative estimate of drug-likeness (QED) is 0.930. The number of aromatic nitrogens is 2. The number of nitrogens with zero attached hydrogens (tertiary/aromatic N) is 2. The molecule has 2 atom stereocenters. The van der Waals surface area contributed by atoms with E-state index in [0.717, 1.165) is 35.2 Å². The number of hydrogen-bond donors (Lipinski definition) is 1. The zero-order valence-corrected chi connectivity index (χ0v) is 12.0. The van der Waals surface area contributed by atoms with Gasteiger partial charge in [0.25, 0.3) is 0 Å². The second-order valence-electron chi connectivity index (χ2n) is 6.06. The van der Waals surface area contributed by atoms with E-state index in [9.17, 15) is 4.79 Å². The molecule has 1 aromatic heterocycles. The van der Waals surface area contributed by atoms with Gasteiger partial charge in [0.2, 0.25) is 0 Å². The molecular formula is C16H20N2O2. The van der Waals surface area contributed by atoms with Gasteiger partial charge < -0.3 is 9.67 Å². The van der Waals surface area contributed by atoms with E-state index in [4.69, 9.17) is 5.11 Å². The highest BCUT2D eigenvalue weighted by Gasteiger charge is 2.23. The van der Waals surface area contributed by atoms with Crippen LogP contribution in [-0.2, 0) is 6.54 Å². The third-order valence-electron chi connectivity index (χ3n) is 4.43. The Morgan fingerprint density at radius 3 is 2.90 bits per heavy atom. The average Bonchev–Trinajstić information content (AvgIpc) is 2.94. The van der Waals surface area contributed by atoms with E-state index in [2.05, 4.69) is 16.5 Å². The SMILES string of the molecule is Cc1nc2cc(C(=O)O)ccc2n1CC1CCC(C)C1. The number of rotatable bonds is 3. The van der Waals surface area contributed by atoms with E-state index in [0.29, 0.717) is 5.56 Å². The van der Waals surface area contributed by atoms with Gasteiger partial charge in [-0.2, -0.15) is 0 Å². The first-order valence-corrected chi connectivity index (χ1v) is 7.25. The lowest BCUT2D eigenvalue weighted by Crippen LogP contribution is -2.09. The fourth-order valence-corrected chi connectivity index (χ4v) is 3.36. The first kappa shape index (κ1) is 13.2. The molecule has 0 amide bonds. The molecule has 2 aromatic rings. The van der Waals surface area contributed by atoms with Crippen LogP contribution >= 0.6 is 0 Å². The lowest BCUT2D eigenvalue weighted by molar-refractivity contribution is 0.0697. The van der Waals surface area contributed by atoms with Gasteiger partial charge in [-0.3, -0.25) is 0 Å². The number of hydrogen-bond acceptors (Lipinski definition) is 2. The number of benzene rings is 1. The van der Waals surface area contributed by atoms with Crippen molar-refractivity contribution in [1.82, 2.24) is 9.55 Å². The lowest BCUT2D eigenvalue weighted by atomic mass is 10.1. The predicted molar refractivity (Wildman–Crippen MR) is 77.9 cm³/mol. The zero-order valence-electron chi connectivity index (χ0n) is 12.0. The largest absolute Gasteiger partial charge is 0.478 e. The third-order valence-corrected chi connectivity index (χ3v) is 4.43. The summed E-state index contributed by atoms with van der Waals surface area (Å²) in [6, 6.07) is 5.22. The van der Waals surface area contributed by atoms with E-state index >= 15 is 0 Å².